The Morgan fingerprint density at radius 3 is 2.26 bits per heavy atom. The zero-order chi connectivity index (χ0) is 14.5. The van der Waals surface area contributed by atoms with Gasteiger partial charge in [-0.2, -0.15) is 0 Å². The highest BCUT2D eigenvalue weighted by Gasteiger charge is 2.32. The molecule has 0 bridgehead atoms. The lowest BCUT2D eigenvalue weighted by Crippen LogP contribution is -2.40. The Balaban J connectivity index is 2.87. The maximum atomic E-state index is 6.36. The van der Waals surface area contributed by atoms with Gasteiger partial charge in [-0.25, -0.2) is 0 Å². The van der Waals surface area contributed by atoms with Crippen LogP contribution in [0.5, 0.6) is 0 Å². The van der Waals surface area contributed by atoms with Crippen LogP contribution in [-0.2, 0) is 10.8 Å². The number of hydrogen-bond acceptors (Lipinski definition) is 1. The number of hydrogen-bond donors (Lipinski definition) is 0. The van der Waals surface area contributed by atoms with Gasteiger partial charge >= 0.3 is 0 Å². The van der Waals surface area contributed by atoms with Gasteiger partial charge in [0.1, 0.15) is 0 Å². The Morgan fingerprint density at radius 2 is 1.79 bits per heavy atom. The van der Waals surface area contributed by atoms with Crippen molar-refractivity contribution < 1.29 is 4.43 Å². The van der Waals surface area contributed by atoms with Crippen molar-refractivity contribution in [3.8, 4) is 0 Å². The van der Waals surface area contributed by atoms with Crippen LogP contribution >= 0.6 is 22.6 Å². The molecule has 0 N–H and O–H groups in total. The molecule has 0 spiro atoms. The van der Waals surface area contributed by atoms with Crippen molar-refractivity contribution in [2.45, 2.75) is 46.0 Å². The average molecular weight is 388 g/mol. The second-order valence-electron chi connectivity index (χ2n) is 6.62. The van der Waals surface area contributed by atoms with Gasteiger partial charge < -0.3 is 4.43 Å². The first kappa shape index (κ1) is 16.9. The summed E-state index contributed by atoms with van der Waals surface area (Å²) < 4.78 is 8.44. The molecule has 1 aromatic rings. The maximum absolute atomic E-state index is 6.36. The van der Waals surface area contributed by atoms with Gasteiger partial charge in [0.05, 0.1) is 6.10 Å². The fourth-order valence-corrected chi connectivity index (χ4v) is 3.67. The minimum atomic E-state index is -1.54. The Labute approximate surface area is 132 Å². The number of halogens is 1. The molecule has 1 aromatic carbocycles. The second-order valence-corrected chi connectivity index (χ2v) is 11.8. The smallest absolute Gasteiger partial charge is 0.184 e. The van der Waals surface area contributed by atoms with E-state index in [4.69, 9.17) is 4.43 Å². The highest BCUT2D eigenvalue weighted by molar-refractivity contribution is 14.1. The molecule has 0 aliphatic heterocycles. The van der Waals surface area contributed by atoms with Gasteiger partial charge in [0.25, 0.3) is 0 Å². The molecule has 19 heavy (non-hydrogen) atoms. The van der Waals surface area contributed by atoms with Gasteiger partial charge in [0.15, 0.2) is 8.32 Å². The molecule has 0 radical (unpaired) electrons. The summed E-state index contributed by atoms with van der Waals surface area (Å²) in [5, 5.41) is 0. The van der Waals surface area contributed by atoms with E-state index in [1.54, 1.807) is 0 Å². The normalized spacial score (nSPS) is 14.8. The van der Waals surface area contributed by atoms with Crippen LogP contribution in [0.15, 0.2) is 40.5 Å². The quantitative estimate of drug-likeness (QED) is 0.467. The molecular weight excluding hydrogens is 363 g/mol. The van der Waals surface area contributed by atoms with Crippen molar-refractivity contribution in [2.75, 3.05) is 0 Å². The van der Waals surface area contributed by atoms with Crippen LogP contribution in [0.4, 0.5) is 0 Å². The summed E-state index contributed by atoms with van der Waals surface area (Å²) in [5.74, 6) is 0. The molecule has 1 nitrogen and oxygen atoms in total. The lowest BCUT2D eigenvalue weighted by atomic mass is 9.80. The Hall–Kier alpha value is -0.133. The summed E-state index contributed by atoms with van der Waals surface area (Å²) in [5.41, 5.74) is 1.47. The molecule has 1 atom stereocenters. The summed E-state index contributed by atoms with van der Waals surface area (Å²) in [6, 6.07) is 10.7. The predicted octanol–water partition coefficient (Wildman–Crippen LogP) is 5.42. The summed E-state index contributed by atoms with van der Waals surface area (Å²) in [4.78, 5) is 0. The molecule has 106 valence electrons. The van der Waals surface area contributed by atoms with Gasteiger partial charge in [-0.15, -0.1) is 0 Å². The van der Waals surface area contributed by atoms with Gasteiger partial charge in [-0.3, -0.25) is 0 Å². The van der Waals surface area contributed by atoms with Crippen LogP contribution in [0.1, 0.15) is 19.4 Å². The van der Waals surface area contributed by atoms with Crippen molar-refractivity contribution in [1.29, 1.82) is 0 Å². The highest BCUT2D eigenvalue weighted by Crippen LogP contribution is 2.31. The first-order valence-corrected chi connectivity index (χ1v) is 11.4. The Bertz CT molecular complexity index is 407. The minimum Gasteiger partial charge on any atom is -0.411 e. The standard InChI is InChI=1S/C16H25IOSi/c1-16(2,13-14-9-7-6-8-10-14)15(11-12-17)18-19(3,4)5/h6-12,15H,13H2,1-5H3. The Kier molecular flexibility index (Phi) is 6.27. The molecular formula is C16H25IOSi. The van der Waals surface area contributed by atoms with Crippen LogP contribution in [0.25, 0.3) is 0 Å². The molecule has 0 fully saturated rings. The molecule has 0 amide bonds. The van der Waals surface area contributed by atoms with Crippen molar-refractivity contribution >= 4 is 30.9 Å². The molecule has 0 aliphatic carbocycles. The fourth-order valence-electron chi connectivity index (χ4n) is 2.13. The first-order chi connectivity index (χ1) is 8.74. The van der Waals surface area contributed by atoms with Gasteiger partial charge in [0.2, 0.25) is 0 Å². The van der Waals surface area contributed by atoms with E-state index in [-0.39, 0.29) is 11.5 Å². The average Bonchev–Trinajstić information content (AvgIpc) is 2.27. The van der Waals surface area contributed by atoms with Crippen molar-refractivity contribution in [1.82, 2.24) is 0 Å². The van der Waals surface area contributed by atoms with Gasteiger partial charge in [0, 0.05) is 0 Å². The summed E-state index contributed by atoms with van der Waals surface area (Å²) >= 11 is 2.28. The van der Waals surface area contributed by atoms with E-state index in [2.05, 4.69) is 96.6 Å². The number of rotatable bonds is 6. The molecule has 1 unspecified atom stereocenters. The lowest BCUT2D eigenvalue weighted by Gasteiger charge is -2.36. The van der Waals surface area contributed by atoms with Crippen molar-refractivity contribution in [3.05, 3.63) is 46.1 Å². The van der Waals surface area contributed by atoms with E-state index in [0.29, 0.717) is 0 Å². The van der Waals surface area contributed by atoms with Crippen LogP contribution in [0, 0.1) is 5.41 Å². The maximum Gasteiger partial charge on any atom is 0.184 e. The monoisotopic (exact) mass is 388 g/mol. The molecule has 3 heteroatoms. The molecule has 0 aromatic heterocycles. The Morgan fingerprint density at radius 1 is 1.21 bits per heavy atom. The minimum absolute atomic E-state index is 0.101. The third-order valence-corrected chi connectivity index (χ3v) is 4.38. The topological polar surface area (TPSA) is 9.23 Å². The summed E-state index contributed by atoms with van der Waals surface area (Å²) in [7, 11) is -1.54. The van der Waals surface area contributed by atoms with E-state index in [1.807, 2.05) is 0 Å². The predicted molar refractivity (Wildman–Crippen MR) is 95.3 cm³/mol. The van der Waals surface area contributed by atoms with Crippen molar-refractivity contribution in [3.63, 3.8) is 0 Å². The van der Waals surface area contributed by atoms with E-state index in [9.17, 15) is 0 Å². The van der Waals surface area contributed by atoms with Crippen LogP contribution < -0.4 is 0 Å². The zero-order valence-electron chi connectivity index (χ0n) is 12.6. The summed E-state index contributed by atoms with van der Waals surface area (Å²) in [6.07, 6.45) is 3.40. The summed E-state index contributed by atoms with van der Waals surface area (Å²) in [6.45, 7) is 11.3. The van der Waals surface area contributed by atoms with Crippen LogP contribution in [0.2, 0.25) is 19.6 Å². The largest absolute Gasteiger partial charge is 0.411 e. The molecule has 1 rings (SSSR count). The lowest BCUT2D eigenvalue weighted by molar-refractivity contribution is 0.107. The first-order valence-electron chi connectivity index (χ1n) is 6.73. The van der Waals surface area contributed by atoms with Gasteiger partial charge in [-0.05, 0) is 41.1 Å². The van der Waals surface area contributed by atoms with E-state index < -0.39 is 8.32 Å². The number of benzene rings is 1. The highest BCUT2D eigenvalue weighted by atomic mass is 127. The van der Waals surface area contributed by atoms with Gasteiger partial charge in [-0.1, -0.05) is 72.8 Å². The van der Waals surface area contributed by atoms with E-state index in [1.165, 1.54) is 5.56 Å². The second kappa shape index (κ2) is 7.04. The third kappa shape index (κ3) is 6.23. The van der Waals surface area contributed by atoms with Crippen LogP contribution in [-0.4, -0.2) is 14.4 Å². The van der Waals surface area contributed by atoms with Crippen LogP contribution in [0.3, 0.4) is 0 Å². The third-order valence-electron chi connectivity index (χ3n) is 3.00. The van der Waals surface area contributed by atoms with E-state index >= 15 is 0 Å². The molecule has 0 heterocycles. The SMILES string of the molecule is CC(C)(Cc1ccccc1)C(C=CI)O[Si](C)(C)C. The van der Waals surface area contributed by atoms with E-state index in [0.717, 1.165) is 6.42 Å². The van der Waals surface area contributed by atoms with Crippen molar-refractivity contribution in [2.24, 2.45) is 5.41 Å². The molecule has 0 saturated carbocycles. The zero-order valence-corrected chi connectivity index (χ0v) is 15.8. The fraction of sp³-hybridized carbons (Fsp3) is 0.500. The molecule has 0 saturated heterocycles. The molecule has 0 aliphatic rings.